The van der Waals surface area contributed by atoms with E-state index >= 15 is 0 Å². The first-order valence-corrected chi connectivity index (χ1v) is 12.9. The number of piperidine rings is 1. The molecular weight excluding hydrogens is 468 g/mol. The molecule has 0 bridgehead atoms. The summed E-state index contributed by atoms with van der Waals surface area (Å²) in [6, 6.07) is 30.6. The molecule has 1 heterocycles. The molecule has 4 nitrogen and oxygen atoms in total. The molecule has 0 atom stereocenters. The number of fused-ring (bicyclic) bond motifs is 1. The lowest BCUT2D eigenvalue weighted by Gasteiger charge is -2.32. The lowest BCUT2D eigenvalue weighted by atomic mass is 10.0. The molecule has 0 saturated carbocycles. The van der Waals surface area contributed by atoms with Gasteiger partial charge in [0.2, 0.25) is 0 Å². The van der Waals surface area contributed by atoms with Crippen LogP contribution in [0.2, 0.25) is 5.02 Å². The summed E-state index contributed by atoms with van der Waals surface area (Å²) in [7, 11) is 2.15. The molecule has 1 aliphatic rings. The number of carbonyl (C=O) groups excluding carboxylic acids is 1. The third kappa shape index (κ3) is 5.89. The van der Waals surface area contributed by atoms with Gasteiger partial charge in [0.05, 0.1) is 0 Å². The maximum absolute atomic E-state index is 12.8. The van der Waals surface area contributed by atoms with Gasteiger partial charge >= 0.3 is 0 Å². The zero-order chi connectivity index (χ0) is 24.9. The Balaban J connectivity index is 1.15. The van der Waals surface area contributed by atoms with Gasteiger partial charge in [-0.05, 0) is 59.3 Å². The molecule has 1 aliphatic heterocycles. The standard InChI is InChI=1S/C31H31ClN2O2/c1-33(22-26-11-5-9-24-8-2-3-14-30(24)26)21-23-7-4-13-29(19-23)36-28-15-17-34(18-16-28)31(35)25-10-6-12-27(32)20-25/h2-14,19-20,28H,15-18,21-22H2,1H3. The largest absolute Gasteiger partial charge is 0.490 e. The predicted molar refractivity (Wildman–Crippen MR) is 147 cm³/mol. The second kappa shape index (κ2) is 11.2. The van der Waals surface area contributed by atoms with E-state index in [1.165, 1.54) is 21.9 Å². The first kappa shape index (κ1) is 24.4. The molecule has 5 heteroatoms. The number of nitrogens with zero attached hydrogens (tertiary/aromatic N) is 2. The fraction of sp³-hybridized carbons (Fsp3) is 0.258. The highest BCUT2D eigenvalue weighted by molar-refractivity contribution is 6.30. The van der Waals surface area contributed by atoms with Gasteiger partial charge < -0.3 is 9.64 Å². The lowest BCUT2D eigenvalue weighted by molar-refractivity contribution is 0.0595. The fourth-order valence-corrected chi connectivity index (χ4v) is 5.17. The Morgan fingerprint density at radius 3 is 2.50 bits per heavy atom. The van der Waals surface area contributed by atoms with E-state index < -0.39 is 0 Å². The molecule has 5 rings (SSSR count). The number of rotatable bonds is 7. The number of amides is 1. The van der Waals surface area contributed by atoms with Gasteiger partial charge in [-0.2, -0.15) is 0 Å². The van der Waals surface area contributed by atoms with E-state index in [1.807, 2.05) is 23.1 Å². The normalized spacial score (nSPS) is 14.4. The molecule has 4 aromatic carbocycles. The predicted octanol–water partition coefficient (Wildman–Crippen LogP) is 6.81. The molecule has 0 spiro atoms. The van der Waals surface area contributed by atoms with Gasteiger partial charge in [-0.1, -0.05) is 72.3 Å². The Morgan fingerprint density at radius 1 is 0.917 bits per heavy atom. The number of likely N-dealkylation sites (tertiary alicyclic amines) is 1. The summed E-state index contributed by atoms with van der Waals surface area (Å²) < 4.78 is 6.33. The topological polar surface area (TPSA) is 32.8 Å². The molecule has 184 valence electrons. The Morgan fingerprint density at radius 2 is 1.67 bits per heavy atom. The number of carbonyl (C=O) groups is 1. The summed E-state index contributed by atoms with van der Waals surface area (Å²) in [5.41, 5.74) is 3.20. The number of hydrogen-bond acceptors (Lipinski definition) is 3. The van der Waals surface area contributed by atoms with Gasteiger partial charge in [0.1, 0.15) is 11.9 Å². The quantitative estimate of drug-likeness (QED) is 0.280. The summed E-state index contributed by atoms with van der Waals surface area (Å²) in [6.07, 6.45) is 1.74. The van der Waals surface area contributed by atoms with Crippen molar-refractivity contribution in [3.8, 4) is 5.75 Å². The van der Waals surface area contributed by atoms with Crippen LogP contribution in [0, 0.1) is 0 Å². The van der Waals surface area contributed by atoms with Crippen LogP contribution in [0.25, 0.3) is 10.8 Å². The molecule has 1 saturated heterocycles. The van der Waals surface area contributed by atoms with Crippen LogP contribution in [0.3, 0.4) is 0 Å². The first-order valence-electron chi connectivity index (χ1n) is 12.5. The lowest BCUT2D eigenvalue weighted by Crippen LogP contribution is -2.41. The molecule has 4 aromatic rings. The van der Waals surface area contributed by atoms with E-state index in [0.717, 1.165) is 31.7 Å². The third-order valence-corrected chi connectivity index (χ3v) is 7.01. The highest BCUT2D eigenvalue weighted by atomic mass is 35.5. The van der Waals surface area contributed by atoms with Crippen LogP contribution in [0.15, 0.2) is 91.0 Å². The molecule has 0 unspecified atom stereocenters. The van der Waals surface area contributed by atoms with Crippen molar-refractivity contribution >= 4 is 28.3 Å². The average Bonchev–Trinajstić information content (AvgIpc) is 2.89. The molecule has 1 fully saturated rings. The van der Waals surface area contributed by atoms with Gasteiger partial charge in [-0.3, -0.25) is 9.69 Å². The SMILES string of the molecule is CN(Cc1cccc(OC2CCN(C(=O)c3cccc(Cl)c3)CC2)c1)Cc1cccc2ccccc12. The minimum Gasteiger partial charge on any atom is -0.490 e. The molecule has 0 aliphatic carbocycles. The summed E-state index contributed by atoms with van der Waals surface area (Å²) in [5, 5.41) is 3.17. The van der Waals surface area contributed by atoms with Crippen molar-refractivity contribution in [2.24, 2.45) is 0 Å². The van der Waals surface area contributed by atoms with E-state index in [9.17, 15) is 4.79 Å². The van der Waals surface area contributed by atoms with Crippen LogP contribution < -0.4 is 4.74 Å². The van der Waals surface area contributed by atoms with Crippen molar-refractivity contribution < 1.29 is 9.53 Å². The number of benzene rings is 4. The first-order chi connectivity index (χ1) is 17.5. The van der Waals surface area contributed by atoms with Crippen LogP contribution in [-0.2, 0) is 13.1 Å². The fourth-order valence-electron chi connectivity index (χ4n) is 4.98. The number of halogens is 1. The highest BCUT2D eigenvalue weighted by Gasteiger charge is 2.25. The summed E-state index contributed by atoms with van der Waals surface area (Å²) >= 11 is 6.06. The van der Waals surface area contributed by atoms with Crippen LogP contribution in [-0.4, -0.2) is 41.9 Å². The van der Waals surface area contributed by atoms with Crippen LogP contribution >= 0.6 is 11.6 Å². The second-order valence-corrected chi connectivity index (χ2v) is 10.0. The van der Waals surface area contributed by atoms with E-state index in [-0.39, 0.29) is 12.0 Å². The van der Waals surface area contributed by atoms with Gasteiger partial charge in [0.15, 0.2) is 0 Å². The number of hydrogen-bond donors (Lipinski definition) is 0. The maximum Gasteiger partial charge on any atom is 0.253 e. The van der Waals surface area contributed by atoms with Gasteiger partial charge in [0.25, 0.3) is 5.91 Å². The van der Waals surface area contributed by atoms with Crippen molar-refractivity contribution in [3.63, 3.8) is 0 Å². The molecule has 1 amide bonds. The van der Waals surface area contributed by atoms with Crippen molar-refractivity contribution in [2.45, 2.75) is 32.0 Å². The Kier molecular flexibility index (Phi) is 7.55. The van der Waals surface area contributed by atoms with E-state index in [2.05, 4.69) is 72.6 Å². The molecule has 36 heavy (non-hydrogen) atoms. The van der Waals surface area contributed by atoms with Gasteiger partial charge in [0, 0.05) is 49.6 Å². The van der Waals surface area contributed by atoms with Crippen molar-refractivity contribution in [1.29, 1.82) is 0 Å². The third-order valence-electron chi connectivity index (χ3n) is 6.77. The molecule has 0 radical (unpaired) electrons. The average molecular weight is 499 g/mol. The van der Waals surface area contributed by atoms with Crippen LogP contribution in [0.1, 0.15) is 34.3 Å². The van der Waals surface area contributed by atoms with Gasteiger partial charge in [-0.25, -0.2) is 0 Å². The van der Waals surface area contributed by atoms with Gasteiger partial charge in [-0.15, -0.1) is 0 Å². The monoisotopic (exact) mass is 498 g/mol. The Bertz CT molecular complexity index is 1340. The summed E-state index contributed by atoms with van der Waals surface area (Å²) in [4.78, 5) is 17.0. The summed E-state index contributed by atoms with van der Waals surface area (Å²) in [6.45, 7) is 3.09. The maximum atomic E-state index is 12.8. The zero-order valence-electron chi connectivity index (χ0n) is 20.6. The Labute approximate surface area is 218 Å². The smallest absolute Gasteiger partial charge is 0.253 e. The minimum atomic E-state index is 0.0344. The van der Waals surface area contributed by atoms with E-state index in [1.54, 1.807) is 12.1 Å². The summed E-state index contributed by atoms with van der Waals surface area (Å²) in [5.74, 6) is 0.929. The molecule has 0 N–H and O–H groups in total. The van der Waals surface area contributed by atoms with Crippen molar-refractivity contribution in [3.05, 3.63) is 113 Å². The van der Waals surface area contributed by atoms with Crippen LogP contribution in [0.4, 0.5) is 0 Å². The number of ether oxygens (including phenoxy) is 1. The Hall–Kier alpha value is -3.34. The van der Waals surface area contributed by atoms with Crippen molar-refractivity contribution in [1.82, 2.24) is 9.80 Å². The zero-order valence-corrected chi connectivity index (χ0v) is 21.3. The second-order valence-electron chi connectivity index (χ2n) is 9.58. The van der Waals surface area contributed by atoms with Crippen LogP contribution in [0.5, 0.6) is 5.75 Å². The molecule has 0 aromatic heterocycles. The van der Waals surface area contributed by atoms with E-state index in [4.69, 9.17) is 16.3 Å². The van der Waals surface area contributed by atoms with E-state index in [0.29, 0.717) is 23.7 Å². The molecular formula is C31H31ClN2O2. The minimum absolute atomic E-state index is 0.0344. The van der Waals surface area contributed by atoms with Crippen molar-refractivity contribution in [2.75, 3.05) is 20.1 Å². The highest BCUT2D eigenvalue weighted by Crippen LogP contribution is 2.24.